The molecule has 48 heavy (non-hydrogen) atoms. The Morgan fingerprint density at radius 2 is 1.67 bits per heavy atom. The van der Waals surface area contributed by atoms with Crippen LogP contribution in [0.15, 0.2) is 103 Å². The first kappa shape index (κ1) is 34.3. The van der Waals surface area contributed by atoms with E-state index >= 15 is 0 Å². The quantitative estimate of drug-likeness (QED) is 0.0753. The number of aromatic amines is 1. The molecule has 2 amide bonds. The molecule has 1 aromatic heterocycles. The number of amides is 2. The molecule has 250 valence electrons. The Morgan fingerprint density at radius 3 is 2.48 bits per heavy atom. The lowest BCUT2D eigenvalue weighted by Gasteiger charge is -2.23. The Kier molecular flexibility index (Phi) is 12.7. The van der Waals surface area contributed by atoms with Gasteiger partial charge >= 0.3 is 0 Å². The Hall–Kier alpha value is -5.03. The van der Waals surface area contributed by atoms with Crippen LogP contribution >= 0.6 is 0 Å². The number of hydrogen-bond donors (Lipinski definition) is 6. The van der Waals surface area contributed by atoms with Crippen molar-refractivity contribution in [2.24, 2.45) is 0 Å². The summed E-state index contributed by atoms with van der Waals surface area (Å²) in [6.45, 7) is 4.60. The second-order valence-electron chi connectivity index (χ2n) is 11.7. The SMILES string of the molecule is CC(NC(=O)[C@H](CCCNCc1ccccc1OCCO)NC(=O)c1ccc(CNCc2ncc[nH]2)cc1)c1cccc2ccccc12. The van der Waals surface area contributed by atoms with Gasteiger partial charge in [-0.1, -0.05) is 72.8 Å². The molecule has 0 radical (unpaired) electrons. The van der Waals surface area contributed by atoms with Gasteiger partial charge < -0.3 is 36.1 Å². The topological polar surface area (TPSA) is 140 Å². The molecule has 1 unspecified atom stereocenters. The zero-order valence-corrected chi connectivity index (χ0v) is 27.2. The second kappa shape index (κ2) is 17.8. The third kappa shape index (κ3) is 9.74. The van der Waals surface area contributed by atoms with Crippen molar-refractivity contribution in [1.29, 1.82) is 0 Å². The first-order valence-corrected chi connectivity index (χ1v) is 16.4. The fourth-order valence-electron chi connectivity index (χ4n) is 5.62. The third-order valence-corrected chi connectivity index (χ3v) is 8.15. The van der Waals surface area contributed by atoms with Gasteiger partial charge in [0, 0.05) is 36.6 Å². The Labute approximate surface area is 281 Å². The number of aliphatic hydroxyl groups is 1. The maximum atomic E-state index is 13.7. The molecule has 5 aromatic rings. The Morgan fingerprint density at radius 1 is 0.875 bits per heavy atom. The number of H-pyrrole nitrogens is 1. The van der Waals surface area contributed by atoms with Gasteiger partial charge in [-0.25, -0.2) is 4.98 Å². The predicted octanol–water partition coefficient (Wildman–Crippen LogP) is 4.77. The van der Waals surface area contributed by atoms with E-state index in [4.69, 9.17) is 9.84 Å². The maximum absolute atomic E-state index is 13.7. The standard InChI is InChI=1S/C38H44N6O4/c1-27(32-12-6-10-29-8-2-4-11-33(29)32)43-38(47)34(13-7-19-39-25-31-9-3-5-14-35(31)48-23-22-45)44-37(46)30-17-15-28(16-18-30)24-40-26-36-41-20-21-42-36/h2-6,8-12,14-18,20-21,27,34,39-40,45H,7,13,19,22-26H2,1H3,(H,41,42)(H,43,47)(H,44,46)/t27?,34-/m0/s1. The molecule has 0 aliphatic rings. The number of ether oxygens (including phenoxy) is 1. The van der Waals surface area contributed by atoms with Crippen LogP contribution < -0.4 is 26.0 Å². The molecular formula is C38H44N6O4. The van der Waals surface area contributed by atoms with Crippen LogP contribution in [0.5, 0.6) is 5.75 Å². The minimum Gasteiger partial charge on any atom is -0.491 e. The minimum atomic E-state index is -0.730. The first-order valence-electron chi connectivity index (χ1n) is 16.4. The van der Waals surface area contributed by atoms with Crippen molar-refractivity contribution < 1.29 is 19.4 Å². The first-order chi connectivity index (χ1) is 23.5. The van der Waals surface area contributed by atoms with Crippen LogP contribution in [0.1, 0.15) is 58.7 Å². The van der Waals surface area contributed by atoms with Gasteiger partial charge in [0.05, 0.1) is 19.2 Å². The van der Waals surface area contributed by atoms with E-state index in [-0.39, 0.29) is 31.1 Å². The molecule has 0 saturated carbocycles. The van der Waals surface area contributed by atoms with Gasteiger partial charge in [0.25, 0.3) is 5.91 Å². The molecule has 0 aliphatic heterocycles. The summed E-state index contributed by atoms with van der Waals surface area (Å²) in [4.78, 5) is 34.4. The minimum absolute atomic E-state index is 0.0517. The summed E-state index contributed by atoms with van der Waals surface area (Å²) in [6.07, 6.45) is 4.61. The molecular weight excluding hydrogens is 604 g/mol. The lowest BCUT2D eigenvalue weighted by Crippen LogP contribution is -2.47. The summed E-state index contributed by atoms with van der Waals surface area (Å²) in [5, 5.41) is 24.2. The van der Waals surface area contributed by atoms with Crippen LogP contribution in [0, 0.1) is 0 Å². The van der Waals surface area contributed by atoms with Gasteiger partial charge in [-0.05, 0) is 66.4 Å². The molecule has 4 aromatic carbocycles. The Bertz CT molecular complexity index is 1740. The normalized spacial score (nSPS) is 12.4. The number of nitrogens with one attached hydrogen (secondary N) is 5. The second-order valence-corrected chi connectivity index (χ2v) is 11.7. The van der Waals surface area contributed by atoms with Crippen molar-refractivity contribution >= 4 is 22.6 Å². The number of rotatable bonds is 18. The van der Waals surface area contributed by atoms with E-state index in [2.05, 4.69) is 49.4 Å². The molecule has 0 aliphatic carbocycles. The highest BCUT2D eigenvalue weighted by Crippen LogP contribution is 2.24. The van der Waals surface area contributed by atoms with Crippen molar-refractivity contribution in [3.05, 3.63) is 131 Å². The number of carbonyl (C=O) groups excluding carboxylic acids is 2. The van der Waals surface area contributed by atoms with Crippen LogP contribution in [0.3, 0.4) is 0 Å². The number of para-hydroxylation sites is 1. The van der Waals surface area contributed by atoms with E-state index in [9.17, 15) is 9.59 Å². The van der Waals surface area contributed by atoms with E-state index in [0.717, 1.165) is 39.0 Å². The van der Waals surface area contributed by atoms with E-state index < -0.39 is 6.04 Å². The number of carbonyl (C=O) groups is 2. The van der Waals surface area contributed by atoms with Gasteiger partial charge in [0.2, 0.25) is 5.91 Å². The Balaban J connectivity index is 1.20. The number of benzene rings is 4. The van der Waals surface area contributed by atoms with E-state index in [1.54, 1.807) is 24.5 Å². The number of imidazole rings is 1. The highest BCUT2D eigenvalue weighted by Gasteiger charge is 2.23. The summed E-state index contributed by atoms with van der Waals surface area (Å²) < 4.78 is 5.64. The zero-order valence-electron chi connectivity index (χ0n) is 27.2. The molecule has 0 bridgehead atoms. The maximum Gasteiger partial charge on any atom is 0.251 e. The summed E-state index contributed by atoms with van der Waals surface area (Å²) in [5.74, 6) is 1.05. The van der Waals surface area contributed by atoms with Crippen LogP contribution in [0.2, 0.25) is 0 Å². The van der Waals surface area contributed by atoms with Crippen molar-refractivity contribution in [1.82, 2.24) is 31.2 Å². The number of aromatic nitrogens is 2. The molecule has 0 saturated heterocycles. The van der Waals surface area contributed by atoms with Gasteiger partial charge in [0.1, 0.15) is 24.2 Å². The lowest BCUT2D eigenvalue weighted by atomic mass is 9.99. The largest absolute Gasteiger partial charge is 0.491 e. The van der Waals surface area contributed by atoms with Crippen LogP contribution in [-0.4, -0.2) is 52.7 Å². The zero-order chi connectivity index (χ0) is 33.6. The van der Waals surface area contributed by atoms with Crippen molar-refractivity contribution in [2.75, 3.05) is 19.8 Å². The molecule has 6 N–H and O–H groups in total. The number of aliphatic hydroxyl groups excluding tert-OH is 1. The smallest absolute Gasteiger partial charge is 0.251 e. The molecule has 10 nitrogen and oxygen atoms in total. The average Bonchev–Trinajstić information content (AvgIpc) is 3.64. The molecule has 10 heteroatoms. The highest BCUT2D eigenvalue weighted by atomic mass is 16.5. The van der Waals surface area contributed by atoms with Crippen molar-refractivity contribution in [3.63, 3.8) is 0 Å². The van der Waals surface area contributed by atoms with E-state index in [1.165, 1.54) is 0 Å². The lowest BCUT2D eigenvalue weighted by molar-refractivity contribution is -0.123. The van der Waals surface area contributed by atoms with Crippen LogP contribution in [-0.2, 0) is 24.4 Å². The van der Waals surface area contributed by atoms with Crippen molar-refractivity contribution in [3.8, 4) is 5.75 Å². The summed E-state index contributed by atoms with van der Waals surface area (Å²) in [7, 11) is 0. The number of nitrogens with zero attached hydrogens (tertiary/aromatic N) is 1. The van der Waals surface area contributed by atoms with E-state index in [0.29, 0.717) is 44.6 Å². The monoisotopic (exact) mass is 648 g/mol. The summed E-state index contributed by atoms with van der Waals surface area (Å²) in [6, 6.07) is 28.3. The average molecular weight is 649 g/mol. The molecule has 2 atom stereocenters. The number of hydrogen-bond acceptors (Lipinski definition) is 7. The molecule has 0 fully saturated rings. The number of fused-ring (bicyclic) bond motifs is 1. The van der Waals surface area contributed by atoms with Crippen LogP contribution in [0.4, 0.5) is 0 Å². The summed E-state index contributed by atoms with van der Waals surface area (Å²) in [5.41, 5.74) is 3.52. The summed E-state index contributed by atoms with van der Waals surface area (Å²) >= 11 is 0. The van der Waals surface area contributed by atoms with Crippen molar-refractivity contribution in [2.45, 2.75) is 51.5 Å². The third-order valence-electron chi connectivity index (χ3n) is 8.15. The molecule has 0 spiro atoms. The fourth-order valence-corrected chi connectivity index (χ4v) is 5.62. The van der Waals surface area contributed by atoms with Gasteiger partial charge in [-0.2, -0.15) is 0 Å². The van der Waals surface area contributed by atoms with Gasteiger partial charge in [0.15, 0.2) is 0 Å². The van der Waals surface area contributed by atoms with E-state index in [1.807, 2.05) is 67.6 Å². The molecule has 5 rings (SSSR count). The van der Waals surface area contributed by atoms with Gasteiger partial charge in [-0.15, -0.1) is 0 Å². The molecule has 1 heterocycles. The fraction of sp³-hybridized carbons (Fsp3) is 0.289. The van der Waals surface area contributed by atoms with Gasteiger partial charge in [-0.3, -0.25) is 9.59 Å². The van der Waals surface area contributed by atoms with Crippen LogP contribution in [0.25, 0.3) is 10.8 Å². The predicted molar refractivity (Wildman–Crippen MR) is 187 cm³/mol. The highest BCUT2D eigenvalue weighted by molar-refractivity contribution is 5.97.